The highest BCUT2D eigenvalue weighted by Gasteiger charge is 2.18. The van der Waals surface area contributed by atoms with Crippen LogP contribution in [0, 0.1) is 0 Å². The topological polar surface area (TPSA) is 76.1 Å². The number of rotatable bonds is 7. The van der Waals surface area contributed by atoms with Crippen LogP contribution in [0.25, 0.3) is 0 Å². The van der Waals surface area contributed by atoms with E-state index in [2.05, 4.69) is 20.8 Å². The Labute approximate surface area is 170 Å². The summed E-state index contributed by atoms with van der Waals surface area (Å²) in [5.74, 6) is 0.591. The standard InChI is InChI=1S/C18H17ClN4O2S2/c1-11(16(24)20-13-7-5-6-12(19)10-13)26-18-23-22-17(27-18)21-14-8-3-4-9-15(14)25-2/h3-11H,1-2H3,(H,20,24)(H,21,22). The molecule has 1 atom stereocenters. The van der Waals surface area contributed by atoms with Gasteiger partial charge in [-0.3, -0.25) is 4.79 Å². The Morgan fingerprint density at radius 3 is 2.81 bits per heavy atom. The Bertz CT molecular complexity index is 935. The van der Waals surface area contributed by atoms with Gasteiger partial charge in [-0.1, -0.05) is 52.9 Å². The lowest BCUT2D eigenvalue weighted by atomic mass is 10.3. The Hall–Kier alpha value is -2.29. The smallest absolute Gasteiger partial charge is 0.237 e. The molecule has 3 aromatic rings. The van der Waals surface area contributed by atoms with Crippen molar-refractivity contribution in [3.63, 3.8) is 0 Å². The van der Waals surface area contributed by atoms with Crippen molar-refractivity contribution >= 4 is 57.1 Å². The number of anilines is 3. The lowest BCUT2D eigenvalue weighted by molar-refractivity contribution is -0.115. The molecule has 140 valence electrons. The maximum absolute atomic E-state index is 12.4. The number of amides is 1. The van der Waals surface area contributed by atoms with E-state index in [1.165, 1.54) is 23.1 Å². The number of carbonyl (C=O) groups excluding carboxylic acids is 1. The van der Waals surface area contributed by atoms with Gasteiger partial charge in [0.2, 0.25) is 11.0 Å². The summed E-state index contributed by atoms with van der Waals surface area (Å²) in [5.41, 5.74) is 1.47. The number of nitrogens with one attached hydrogen (secondary N) is 2. The highest BCUT2D eigenvalue weighted by molar-refractivity contribution is 8.02. The Morgan fingerprint density at radius 2 is 2.04 bits per heavy atom. The van der Waals surface area contributed by atoms with E-state index in [1.807, 2.05) is 31.2 Å². The molecule has 0 spiro atoms. The second-order valence-electron chi connectivity index (χ2n) is 5.46. The number of aromatic nitrogens is 2. The maximum Gasteiger partial charge on any atom is 0.237 e. The molecule has 1 aromatic heterocycles. The largest absolute Gasteiger partial charge is 0.495 e. The van der Waals surface area contributed by atoms with Gasteiger partial charge in [0.15, 0.2) is 4.34 Å². The highest BCUT2D eigenvalue weighted by Crippen LogP contribution is 2.33. The molecule has 2 aromatic carbocycles. The van der Waals surface area contributed by atoms with Crippen LogP contribution in [0.2, 0.25) is 5.02 Å². The summed E-state index contributed by atoms with van der Waals surface area (Å²) in [6.07, 6.45) is 0. The first-order chi connectivity index (χ1) is 13.0. The average Bonchev–Trinajstić information content (AvgIpc) is 3.09. The summed E-state index contributed by atoms with van der Waals surface area (Å²) in [4.78, 5) is 12.4. The Morgan fingerprint density at radius 1 is 1.22 bits per heavy atom. The summed E-state index contributed by atoms with van der Waals surface area (Å²) in [6.45, 7) is 1.82. The van der Waals surface area contributed by atoms with Crippen molar-refractivity contribution < 1.29 is 9.53 Å². The second-order valence-corrected chi connectivity index (χ2v) is 8.46. The van der Waals surface area contributed by atoms with E-state index in [0.717, 1.165) is 11.4 Å². The number of nitrogens with zero attached hydrogens (tertiary/aromatic N) is 2. The monoisotopic (exact) mass is 420 g/mol. The molecule has 1 unspecified atom stereocenters. The number of methoxy groups -OCH3 is 1. The quantitative estimate of drug-likeness (QED) is 0.520. The Kier molecular flexibility index (Phi) is 6.54. The number of thioether (sulfide) groups is 1. The van der Waals surface area contributed by atoms with Crippen molar-refractivity contribution in [1.29, 1.82) is 0 Å². The van der Waals surface area contributed by atoms with E-state index >= 15 is 0 Å². The van der Waals surface area contributed by atoms with Gasteiger partial charge in [0.1, 0.15) is 5.75 Å². The molecule has 1 heterocycles. The lowest BCUT2D eigenvalue weighted by Crippen LogP contribution is -2.22. The number of benzene rings is 2. The first-order valence-electron chi connectivity index (χ1n) is 8.02. The molecule has 27 heavy (non-hydrogen) atoms. The molecule has 0 aliphatic heterocycles. The molecule has 0 aliphatic rings. The first kappa shape index (κ1) is 19.5. The fraction of sp³-hybridized carbons (Fsp3) is 0.167. The number of para-hydroxylation sites is 2. The third kappa shape index (κ3) is 5.35. The minimum absolute atomic E-state index is 0.128. The lowest BCUT2D eigenvalue weighted by Gasteiger charge is -2.10. The van der Waals surface area contributed by atoms with Gasteiger partial charge in [-0.15, -0.1) is 10.2 Å². The zero-order valence-corrected chi connectivity index (χ0v) is 17.0. The fourth-order valence-electron chi connectivity index (χ4n) is 2.19. The fourth-order valence-corrected chi connectivity index (χ4v) is 4.28. The minimum Gasteiger partial charge on any atom is -0.495 e. The molecule has 2 N–H and O–H groups in total. The van der Waals surface area contributed by atoms with Crippen LogP contribution >= 0.6 is 34.7 Å². The molecule has 0 radical (unpaired) electrons. The van der Waals surface area contributed by atoms with Crippen LogP contribution in [-0.2, 0) is 4.79 Å². The third-order valence-corrected chi connectivity index (χ3v) is 5.75. The van der Waals surface area contributed by atoms with Gasteiger partial charge in [-0.2, -0.15) is 0 Å². The van der Waals surface area contributed by atoms with Gasteiger partial charge in [-0.05, 0) is 37.3 Å². The van der Waals surface area contributed by atoms with Gasteiger partial charge in [0, 0.05) is 10.7 Å². The van der Waals surface area contributed by atoms with Crippen molar-refractivity contribution in [3.8, 4) is 5.75 Å². The first-order valence-corrected chi connectivity index (χ1v) is 10.1. The van der Waals surface area contributed by atoms with Gasteiger partial charge in [0.05, 0.1) is 18.0 Å². The zero-order chi connectivity index (χ0) is 19.2. The van der Waals surface area contributed by atoms with Crippen molar-refractivity contribution in [1.82, 2.24) is 10.2 Å². The van der Waals surface area contributed by atoms with Crippen molar-refractivity contribution in [2.45, 2.75) is 16.5 Å². The molecule has 0 saturated carbocycles. The van der Waals surface area contributed by atoms with Crippen LogP contribution in [0.3, 0.4) is 0 Å². The van der Waals surface area contributed by atoms with E-state index in [9.17, 15) is 4.79 Å². The van der Waals surface area contributed by atoms with Crippen LogP contribution in [0.4, 0.5) is 16.5 Å². The molecular weight excluding hydrogens is 404 g/mol. The molecule has 9 heteroatoms. The SMILES string of the molecule is COc1ccccc1Nc1nnc(SC(C)C(=O)Nc2cccc(Cl)c2)s1. The van der Waals surface area contributed by atoms with E-state index in [1.54, 1.807) is 31.4 Å². The zero-order valence-electron chi connectivity index (χ0n) is 14.6. The molecule has 0 aliphatic carbocycles. The predicted octanol–water partition coefficient (Wildman–Crippen LogP) is 5.06. The summed E-state index contributed by atoms with van der Waals surface area (Å²) in [7, 11) is 1.61. The van der Waals surface area contributed by atoms with Crippen LogP contribution in [-0.4, -0.2) is 28.5 Å². The average molecular weight is 421 g/mol. The number of halogens is 1. The number of hydrogen-bond acceptors (Lipinski definition) is 7. The molecule has 3 rings (SSSR count). The van der Waals surface area contributed by atoms with Crippen LogP contribution in [0.15, 0.2) is 52.9 Å². The molecule has 0 fully saturated rings. The van der Waals surface area contributed by atoms with Gasteiger partial charge < -0.3 is 15.4 Å². The number of carbonyl (C=O) groups is 1. The summed E-state index contributed by atoms with van der Waals surface area (Å²) >= 11 is 8.66. The highest BCUT2D eigenvalue weighted by atomic mass is 35.5. The second kappa shape index (κ2) is 9.07. The molecular formula is C18H17ClN4O2S2. The van der Waals surface area contributed by atoms with Crippen molar-refractivity contribution in [2.75, 3.05) is 17.7 Å². The molecule has 0 bridgehead atoms. The van der Waals surface area contributed by atoms with Crippen molar-refractivity contribution in [2.24, 2.45) is 0 Å². The number of hydrogen-bond donors (Lipinski definition) is 2. The van der Waals surface area contributed by atoms with Crippen LogP contribution < -0.4 is 15.4 Å². The van der Waals surface area contributed by atoms with E-state index in [0.29, 0.717) is 20.2 Å². The summed E-state index contributed by atoms with van der Waals surface area (Å²) < 4.78 is 6.01. The van der Waals surface area contributed by atoms with Crippen LogP contribution in [0.5, 0.6) is 5.75 Å². The van der Waals surface area contributed by atoms with Crippen LogP contribution in [0.1, 0.15) is 6.92 Å². The van der Waals surface area contributed by atoms with E-state index in [-0.39, 0.29) is 11.2 Å². The maximum atomic E-state index is 12.4. The number of ether oxygens (including phenoxy) is 1. The van der Waals surface area contributed by atoms with Gasteiger partial charge in [-0.25, -0.2) is 0 Å². The van der Waals surface area contributed by atoms with Gasteiger partial charge in [0.25, 0.3) is 0 Å². The predicted molar refractivity (Wildman–Crippen MR) is 112 cm³/mol. The van der Waals surface area contributed by atoms with E-state index in [4.69, 9.17) is 16.3 Å². The van der Waals surface area contributed by atoms with Crippen molar-refractivity contribution in [3.05, 3.63) is 53.6 Å². The normalized spacial score (nSPS) is 11.7. The minimum atomic E-state index is -0.337. The Balaban J connectivity index is 1.60. The summed E-state index contributed by atoms with van der Waals surface area (Å²) in [6, 6.07) is 14.6. The third-order valence-electron chi connectivity index (χ3n) is 3.49. The molecule has 1 amide bonds. The van der Waals surface area contributed by atoms with Gasteiger partial charge >= 0.3 is 0 Å². The summed E-state index contributed by atoms with van der Waals surface area (Å²) in [5, 5.41) is 15.2. The molecule has 0 saturated heterocycles. The van der Waals surface area contributed by atoms with E-state index < -0.39 is 0 Å². The molecule has 6 nitrogen and oxygen atoms in total.